The van der Waals surface area contributed by atoms with E-state index in [0.29, 0.717) is 6.42 Å². The molecule has 1 aromatic carbocycles. The molecule has 1 N–H and O–H groups in total. The van der Waals surface area contributed by atoms with Gasteiger partial charge in [-0.3, -0.25) is 9.48 Å². The molecule has 4 nitrogen and oxygen atoms in total. The summed E-state index contributed by atoms with van der Waals surface area (Å²) in [5.74, 6) is 0.0625. The highest BCUT2D eigenvalue weighted by Gasteiger charge is 2.15. The van der Waals surface area contributed by atoms with Gasteiger partial charge in [-0.25, -0.2) is 0 Å². The van der Waals surface area contributed by atoms with Gasteiger partial charge >= 0.3 is 0 Å². The third kappa shape index (κ3) is 4.93. The fourth-order valence-electron chi connectivity index (χ4n) is 2.67. The number of benzene rings is 1. The van der Waals surface area contributed by atoms with Gasteiger partial charge in [0, 0.05) is 28.8 Å². The quantitative estimate of drug-likeness (QED) is 0.837. The topological polar surface area (TPSA) is 46.9 Å². The van der Waals surface area contributed by atoms with E-state index in [4.69, 9.17) is 0 Å². The molecule has 1 unspecified atom stereocenters. The Hall–Kier alpha value is -1.62. The number of aryl methyl sites for hydroxylation is 3. The van der Waals surface area contributed by atoms with Crippen LogP contribution in [0, 0.1) is 13.8 Å². The van der Waals surface area contributed by atoms with Crippen LogP contribution in [0.2, 0.25) is 0 Å². The van der Waals surface area contributed by atoms with Gasteiger partial charge < -0.3 is 5.32 Å². The summed E-state index contributed by atoms with van der Waals surface area (Å²) in [4.78, 5) is 12.2. The zero-order valence-electron chi connectivity index (χ0n) is 14.2. The van der Waals surface area contributed by atoms with Crippen LogP contribution < -0.4 is 5.32 Å². The van der Waals surface area contributed by atoms with Gasteiger partial charge in [-0.05, 0) is 51.3 Å². The predicted molar refractivity (Wildman–Crippen MR) is 96.5 cm³/mol. The van der Waals surface area contributed by atoms with Gasteiger partial charge in [0.15, 0.2) is 0 Å². The molecular weight excluding hydrogens is 354 g/mol. The first-order valence-corrected chi connectivity index (χ1v) is 8.69. The predicted octanol–water partition coefficient (Wildman–Crippen LogP) is 3.48. The van der Waals surface area contributed by atoms with Crippen molar-refractivity contribution in [2.24, 2.45) is 7.05 Å². The highest BCUT2D eigenvalue weighted by atomic mass is 79.9. The number of hydrogen-bond acceptors (Lipinski definition) is 2. The number of aromatic nitrogens is 2. The molecule has 0 saturated carbocycles. The van der Waals surface area contributed by atoms with E-state index < -0.39 is 0 Å². The summed E-state index contributed by atoms with van der Waals surface area (Å²) in [6.45, 7) is 6.01. The Balaban J connectivity index is 1.83. The Labute approximate surface area is 146 Å². The van der Waals surface area contributed by atoms with Crippen LogP contribution >= 0.6 is 15.9 Å². The molecular formula is C18H24BrN3O. The van der Waals surface area contributed by atoms with Crippen LogP contribution in [0.4, 0.5) is 0 Å². The van der Waals surface area contributed by atoms with Crippen LogP contribution in [0.5, 0.6) is 0 Å². The van der Waals surface area contributed by atoms with Crippen molar-refractivity contribution in [1.82, 2.24) is 15.1 Å². The van der Waals surface area contributed by atoms with Crippen molar-refractivity contribution in [3.05, 3.63) is 51.3 Å². The fourth-order valence-corrected chi connectivity index (χ4v) is 2.93. The maximum atomic E-state index is 12.2. The van der Waals surface area contributed by atoms with Crippen molar-refractivity contribution in [3.63, 3.8) is 0 Å². The smallest absolute Gasteiger partial charge is 0.224 e. The van der Waals surface area contributed by atoms with Crippen LogP contribution in [-0.2, 0) is 24.7 Å². The molecule has 0 radical (unpaired) electrons. The lowest BCUT2D eigenvalue weighted by Gasteiger charge is -2.14. The Morgan fingerprint density at radius 3 is 2.52 bits per heavy atom. The van der Waals surface area contributed by atoms with Crippen molar-refractivity contribution in [3.8, 4) is 0 Å². The summed E-state index contributed by atoms with van der Waals surface area (Å²) in [5.41, 5.74) is 4.31. The minimum absolute atomic E-state index is 0.0625. The minimum atomic E-state index is 0.0625. The van der Waals surface area contributed by atoms with Gasteiger partial charge in [-0.15, -0.1) is 0 Å². The zero-order chi connectivity index (χ0) is 17.0. The van der Waals surface area contributed by atoms with Crippen LogP contribution in [0.3, 0.4) is 0 Å². The van der Waals surface area contributed by atoms with Crippen molar-refractivity contribution in [2.75, 3.05) is 0 Å². The molecule has 0 aliphatic heterocycles. The molecule has 1 aromatic heterocycles. The van der Waals surface area contributed by atoms with E-state index in [1.165, 1.54) is 5.56 Å². The molecule has 1 amide bonds. The van der Waals surface area contributed by atoms with Crippen LogP contribution in [-0.4, -0.2) is 21.7 Å². The van der Waals surface area contributed by atoms with Crippen LogP contribution in [0.1, 0.15) is 35.9 Å². The lowest BCUT2D eigenvalue weighted by atomic mass is 10.1. The molecule has 1 atom stereocenters. The van der Waals surface area contributed by atoms with E-state index >= 15 is 0 Å². The maximum Gasteiger partial charge on any atom is 0.224 e. The Kier molecular flexibility index (Phi) is 5.99. The summed E-state index contributed by atoms with van der Waals surface area (Å²) in [6, 6.07) is 8.48. The number of carbonyl (C=O) groups excluding carboxylic acids is 1. The van der Waals surface area contributed by atoms with Gasteiger partial charge in [0.05, 0.1) is 12.1 Å². The molecule has 0 saturated heterocycles. The van der Waals surface area contributed by atoms with Crippen molar-refractivity contribution in [2.45, 2.75) is 46.1 Å². The highest BCUT2D eigenvalue weighted by molar-refractivity contribution is 9.10. The van der Waals surface area contributed by atoms with Gasteiger partial charge in [-0.1, -0.05) is 28.1 Å². The van der Waals surface area contributed by atoms with Crippen molar-refractivity contribution >= 4 is 21.8 Å². The standard InChI is InChI=1S/C18H24BrN3O/c1-12(5-6-15-7-9-16(19)10-8-15)20-18(23)11-17-13(2)21-22(4)14(17)3/h7-10,12H,5-6,11H2,1-4H3,(H,20,23). The number of amides is 1. The second kappa shape index (κ2) is 7.77. The van der Waals surface area contributed by atoms with Crippen LogP contribution in [0.25, 0.3) is 0 Å². The summed E-state index contributed by atoms with van der Waals surface area (Å²) in [7, 11) is 1.91. The Morgan fingerprint density at radius 1 is 1.30 bits per heavy atom. The summed E-state index contributed by atoms with van der Waals surface area (Å²) in [6.07, 6.45) is 2.28. The number of rotatable bonds is 6. The normalized spacial score (nSPS) is 12.2. The van der Waals surface area contributed by atoms with Gasteiger partial charge in [0.25, 0.3) is 0 Å². The number of hydrogen-bond donors (Lipinski definition) is 1. The average Bonchev–Trinajstić information content (AvgIpc) is 2.73. The van der Waals surface area contributed by atoms with Crippen LogP contribution in [0.15, 0.2) is 28.7 Å². The molecule has 2 aromatic rings. The molecule has 0 aliphatic carbocycles. The maximum absolute atomic E-state index is 12.2. The lowest BCUT2D eigenvalue weighted by Crippen LogP contribution is -2.34. The van der Waals surface area contributed by atoms with E-state index in [2.05, 4.69) is 45.4 Å². The molecule has 1 heterocycles. The molecule has 2 rings (SSSR count). The van der Waals surface area contributed by atoms with E-state index in [-0.39, 0.29) is 11.9 Å². The van der Waals surface area contributed by atoms with E-state index in [1.807, 2.05) is 37.7 Å². The van der Waals surface area contributed by atoms with Crippen molar-refractivity contribution in [1.29, 1.82) is 0 Å². The number of carbonyl (C=O) groups is 1. The second-order valence-corrected chi connectivity index (χ2v) is 7.00. The first-order chi connectivity index (χ1) is 10.9. The SMILES string of the molecule is Cc1nn(C)c(C)c1CC(=O)NC(C)CCc1ccc(Br)cc1. The summed E-state index contributed by atoms with van der Waals surface area (Å²) in [5, 5.41) is 7.45. The Bertz CT molecular complexity index is 676. The molecule has 0 bridgehead atoms. The second-order valence-electron chi connectivity index (χ2n) is 6.08. The molecule has 23 heavy (non-hydrogen) atoms. The number of halogens is 1. The molecule has 0 fully saturated rings. The fraction of sp³-hybridized carbons (Fsp3) is 0.444. The minimum Gasteiger partial charge on any atom is -0.353 e. The third-order valence-corrected chi connectivity index (χ3v) is 4.71. The number of nitrogens with one attached hydrogen (secondary N) is 1. The highest BCUT2D eigenvalue weighted by Crippen LogP contribution is 2.14. The Morgan fingerprint density at radius 2 is 1.96 bits per heavy atom. The monoisotopic (exact) mass is 377 g/mol. The van der Waals surface area contributed by atoms with Gasteiger partial charge in [-0.2, -0.15) is 5.10 Å². The average molecular weight is 378 g/mol. The van der Waals surface area contributed by atoms with Crippen molar-refractivity contribution < 1.29 is 4.79 Å². The van der Waals surface area contributed by atoms with E-state index in [9.17, 15) is 4.79 Å². The first-order valence-electron chi connectivity index (χ1n) is 7.89. The molecule has 124 valence electrons. The van der Waals surface area contributed by atoms with Gasteiger partial charge in [0.1, 0.15) is 0 Å². The van der Waals surface area contributed by atoms with E-state index in [0.717, 1.165) is 34.3 Å². The zero-order valence-corrected chi connectivity index (χ0v) is 15.8. The largest absolute Gasteiger partial charge is 0.353 e. The molecule has 0 aliphatic rings. The summed E-state index contributed by atoms with van der Waals surface area (Å²) < 4.78 is 2.92. The number of nitrogens with zero attached hydrogens (tertiary/aromatic N) is 2. The summed E-state index contributed by atoms with van der Waals surface area (Å²) >= 11 is 3.44. The first kappa shape index (κ1) is 17.7. The molecule has 0 spiro atoms. The molecule has 5 heteroatoms. The lowest BCUT2D eigenvalue weighted by molar-refractivity contribution is -0.121. The third-order valence-electron chi connectivity index (χ3n) is 4.18. The van der Waals surface area contributed by atoms with E-state index in [1.54, 1.807) is 0 Å². The van der Waals surface area contributed by atoms with Gasteiger partial charge in [0.2, 0.25) is 5.91 Å².